The smallest absolute Gasteiger partial charge is 0.311 e. The van der Waals surface area contributed by atoms with Crippen molar-refractivity contribution in [1.29, 1.82) is 0 Å². The number of carbonyl (C=O) groups is 3. The summed E-state index contributed by atoms with van der Waals surface area (Å²) < 4.78 is 32.9. The van der Waals surface area contributed by atoms with E-state index in [2.05, 4.69) is 5.32 Å². The lowest BCUT2D eigenvalue weighted by Crippen LogP contribution is -2.38. The number of sulfone groups is 1. The van der Waals surface area contributed by atoms with Gasteiger partial charge < -0.3 is 19.4 Å². The number of nitrogens with zero attached hydrogens (tertiary/aromatic N) is 1. The highest BCUT2D eigenvalue weighted by atomic mass is 32.2. The predicted molar refractivity (Wildman–Crippen MR) is 88.4 cm³/mol. The Kier molecular flexibility index (Phi) is 5.30. The Morgan fingerprint density at radius 3 is 2.85 bits per heavy atom. The first-order chi connectivity index (χ1) is 12.3. The molecule has 2 saturated heterocycles. The highest BCUT2D eigenvalue weighted by molar-refractivity contribution is 7.91. The standard InChI is InChI=1S/C16H20N2O7S/c19-14(17-12-3-5-26(22,23)10-12)9-25-16(21)11-6-15(20)18(7-11)8-13-2-1-4-24-13/h1-2,4,11-12H,3,5-10H2,(H,17,19)/t11-,12+/m1/s1. The van der Waals surface area contributed by atoms with E-state index in [1.54, 1.807) is 12.1 Å². The summed E-state index contributed by atoms with van der Waals surface area (Å²) >= 11 is 0. The van der Waals surface area contributed by atoms with Crippen molar-refractivity contribution in [1.82, 2.24) is 10.2 Å². The molecule has 2 amide bonds. The summed E-state index contributed by atoms with van der Waals surface area (Å²) in [5.41, 5.74) is 0. The summed E-state index contributed by atoms with van der Waals surface area (Å²) in [5.74, 6) is -1.38. The van der Waals surface area contributed by atoms with E-state index in [9.17, 15) is 22.8 Å². The van der Waals surface area contributed by atoms with Crippen LogP contribution in [0, 0.1) is 5.92 Å². The van der Waals surface area contributed by atoms with E-state index in [1.807, 2.05) is 0 Å². The van der Waals surface area contributed by atoms with Crippen molar-refractivity contribution in [2.24, 2.45) is 5.92 Å². The minimum atomic E-state index is -3.09. The van der Waals surface area contributed by atoms with Gasteiger partial charge in [-0.15, -0.1) is 0 Å². The lowest BCUT2D eigenvalue weighted by molar-refractivity contribution is -0.152. The predicted octanol–water partition coefficient (Wildman–Crippen LogP) is -0.525. The Morgan fingerprint density at radius 2 is 2.19 bits per heavy atom. The Hall–Kier alpha value is -2.36. The van der Waals surface area contributed by atoms with Gasteiger partial charge in [-0.2, -0.15) is 0 Å². The average molecular weight is 384 g/mol. The van der Waals surface area contributed by atoms with Crippen molar-refractivity contribution in [3.63, 3.8) is 0 Å². The maximum absolute atomic E-state index is 12.1. The normalized spacial score (nSPS) is 24.6. The fraction of sp³-hybridized carbons (Fsp3) is 0.562. The van der Waals surface area contributed by atoms with Gasteiger partial charge >= 0.3 is 5.97 Å². The molecule has 1 N–H and O–H groups in total. The third-order valence-electron chi connectivity index (χ3n) is 4.42. The van der Waals surface area contributed by atoms with E-state index in [0.717, 1.165) is 0 Å². The summed E-state index contributed by atoms with van der Waals surface area (Å²) in [5, 5.41) is 2.54. The largest absolute Gasteiger partial charge is 0.467 e. The van der Waals surface area contributed by atoms with Crippen LogP contribution in [0.4, 0.5) is 0 Å². The second-order valence-electron chi connectivity index (χ2n) is 6.53. The van der Waals surface area contributed by atoms with E-state index in [-0.39, 0.29) is 36.9 Å². The van der Waals surface area contributed by atoms with Crippen LogP contribution >= 0.6 is 0 Å². The molecule has 3 heterocycles. The molecule has 0 unspecified atom stereocenters. The number of hydrogen-bond acceptors (Lipinski definition) is 7. The summed E-state index contributed by atoms with van der Waals surface area (Å²) in [4.78, 5) is 37.4. The van der Waals surface area contributed by atoms with Crippen molar-refractivity contribution in [3.8, 4) is 0 Å². The van der Waals surface area contributed by atoms with Gasteiger partial charge in [-0.25, -0.2) is 8.42 Å². The maximum atomic E-state index is 12.1. The molecule has 0 radical (unpaired) electrons. The minimum absolute atomic E-state index is 0.0298. The molecule has 9 nitrogen and oxygen atoms in total. The summed E-state index contributed by atoms with van der Waals surface area (Å²) in [7, 11) is -3.09. The molecule has 1 aromatic rings. The Morgan fingerprint density at radius 1 is 1.38 bits per heavy atom. The molecule has 0 spiro atoms. The van der Waals surface area contributed by atoms with Crippen LogP contribution in [0.25, 0.3) is 0 Å². The molecule has 1 aromatic heterocycles. The first-order valence-electron chi connectivity index (χ1n) is 8.29. The molecule has 0 aromatic carbocycles. The van der Waals surface area contributed by atoms with Crippen molar-refractivity contribution in [2.45, 2.75) is 25.4 Å². The molecule has 3 rings (SSSR count). The molecule has 26 heavy (non-hydrogen) atoms. The van der Waals surface area contributed by atoms with E-state index >= 15 is 0 Å². The van der Waals surface area contributed by atoms with Gasteiger partial charge in [0.1, 0.15) is 5.76 Å². The monoisotopic (exact) mass is 384 g/mol. The molecule has 0 aliphatic carbocycles. The van der Waals surface area contributed by atoms with Crippen molar-refractivity contribution < 1.29 is 32.0 Å². The molecule has 0 saturated carbocycles. The number of rotatable bonds is 6. The SMILES string of the molecule is O=C(COC(=O)[C@@H]1CC(=O)N(Cc2ccco2)C1)N[C@H]1CCS(=O)(=O)C1. The first-order valence-corrected chi connectivity index (χ1v) is 10.1. The van der Waals surface area contributed by atoms with E-state index < -0.39 is 40.3 Å². The van der Waals surface area contributed by atoms with Gasteiger partial charge in [-0.1, -0.05) is 0 Å². The number of esters is 1. The highest BCUT2D eigenvalue weighted by Crippen LogP contribution is 2.21. The number of furan rings is 1. The first kappa shape index (κ1) is 18.4. The van der Waals surface area contributed by atoms with E-state index in [1.165, 1.54) is 11.2 Å². The van der Waals surface area contributed by atoms with Gasteiger partial charge in [0.05, 0.1) is 30.2 Å². The van der Waals surface area contributed by atoms with Gasteiger partial charge in [0.25, 0.3) is 5.91 Å². The van der Waals surface area contributed by atoms with Crippen LogP contribution in [0.2, 0.25) is 0 Å². The van der Waals surface area contributed by atoms with Crippen molar-refractivity contribution in [2.75, 3.05) is 24.7 Å². The molecule has 10 heteroatoms. The topological polar surface area (TPSA) is 123 Å². The quantitative estimate of drug-likeness (QED) is 0.654. The minimum Gasteiger partial charge on any atom is -0.467 e. The summed E-state index contributed by atoms with van der Waals surface area (Å²) in [6.07, 6.45) is 1.90. The van der Waals surface area contributed by atoms with Gasteiger partial charge in [-0.3, -0.25) is 14.4 Å². The Balaban J connectivity index is 1.42. The summed E-state index contributed by atoms with van der Waals surface area (Å²) in [6.45, 7) is 0.00532. The fourth-order valence-corrected chi connectivity index (χ4v) is 4.78. The van der Waals surface area contributed by atoms with Crippen molar-refractivity contribution in [3.05, 3.63) is 24.2 Å². The molecule has 2 aliphatic heterocycles. The molecular weight excluding hydrogens is 364 g/mol. The van der Waals surface area contributed by atoms with Crippen LogP contribution in [0.1, 0.15) is 18.6 Å². The van der Waals surface area contributed by atoms with Crippen LogP contribution in [-0.2, 0) is 35.5 Å². The zero-order chi connectivity index (χ0) is 18.7. The van der Waals surface area contributed by atoms with Gasteiger partial charge in [0.2, 0.25) is 5.91 Å². The second kappa shape index (κ2) is 7.48. The number of carbonyl (C=O) groups excluding carboxylic acids is 3. The average Bonchev–Trinajstić information content (AvgIpc) is 3.28. The molecule has 2 atom stereocenters. The van der Waals surface area contributed by atoms with Crippen molar-refractivity contribution >= 4 is 27.6 Å². The molecular formula is C16H20N2O7S. The van der Waals surface area contributed by atoms with E-state index in [4.69, 9.17) is 9.15 Å². The zero-order valence-electron chi connectivity index (χ0n) is 14.0. The lowest BCUT2D eigenvalue weighted by Gasteiger charge is -2.15. The van der Waals surface area contributed by atoms with Crippen LogP contribution in [0.5, 0.6) is 0 Å². The molecule has 0 bridgehead atoms. The van der Waals surface area contributed by atoms with Gasteiger partial charge in [0, 0.05) is 19.0 Å². The number of nitrogens with one attached hydrogen (secondary N) is 1. The third kappa shape index (κ3) is 4.63. The summed E-state index contributed by atoms with van der Waals surface area (Å²) in [6, 6.07) is 3.02. The fourth-order valence-electron chi connectivity index (χ4n) is 3.11. The van der Waals surface area contributed by atoms with Crippen LogP contribution in [0.3, 0.4) is 0 Å². The van der Waals surface area contributed by atoms with Crippen LogP contribution in [0.15, 0.2) is 22.8 Å². The van der Waals surface area contributed by atoms with Gasteiger partial charge in [-0.05, 0) is 18.6 Å². The Labute approximate surface area is 150 Å². The maximum Gasteiger partial charge on any atom is 0.311 e. The number of hydrogen-bond donors (Lipinski definition) is 1. The molecule has 142 valence electrons. The lowest BCUT2D eigenvalue weighted by atomic mass is 10.1. The van der Waals surface area contributed by atoms with Crippen LogP contribution < -0.4 is 5.32 Å². The van der Waals surface area contributed by atoms with E-state index in [0.29, 0.717) is 12.2 Å². The molecule has 2 aliphatic rings. The zero-order valence-corrected chi connectivity index (χ0v) is 14.9. The number of likely N-dealkylation sites (tertiary alicyclic amines) is 1. The third-order valence-corrected chi connectivity index (χ3v) is 6.19. The number of amides is 2. The highest BCUT2D eigenvalue weighted by Gasteiger charge is 2.36. The van der Waals surface area contributed by atoms with Crippen LogP contribution in [-0.4, -0.2) is 61.8 Å². The van der Waals surface area contributed by atoms with Gasteiger partial charge in [0.15, 0.2) is 16.4 Å². The molecule has 2 fully saturated rings. The second-order valence-corrected chi connectivity index (χ2v) is 8.76. The number of ether oxygens (including phenoxy) is 1. The Bertz CT molecular complexity index is 788.